The molecule has 1 heterocycles. The average Bonchev–Trinajstić information content (AvgIpc) is 3.08. The average molecular weight is 412 g/mol. The molecule has 3 aromatic rings. The Balaban J connectivity index is 1.41. The van der Waals surface area contributed by atoms with E-state index in [4.69, 9.17) is 16.6 Å². The predicted molar refractivity (Wildman–Crippen MR) is 120 cm³/mol. The zero-order chi connectivity index (χ0) is 20.5. The number of carbonyl (C=O) groups excluding carboxylic acids is 1. The summed E-state index contributed by atoms with van der Waals surface area (Å²) in [5.74, 6) is 1.21. The van der Waals surface area contributed by atoms with Gasteiger partial charge < -0.3 is 9.88 Å². The number of imidazole rings is 1. The third-order valence-electron chi connectivity index (χ3n) is 5.18. The van der Waals surface area contributed by atoms with Crippen LogP contribution in [0, 0.1) is 0 Å². The maximum Gasteiger partial charge on any atom is 0.224 e. The first kappa shape index (κ1) is 21.4. The van der Waals surface area contributed by atoms with Crippen LogP contribution in [0.15, 0.2) is 48.5 Å². The van der Waals surface area contributed by atoms with Crippen LogP contribution in [0.25, 0.3) is 11.0 Å². The number of unbranched alkanes of at least 4 members (excludes halogenated alkanes) is 3. The van der Waals surface area contributed by atoms with Crippen molar-refractivity contribution in [1.82, 2.24) is 14.9 Å². The second-order valence-corrected chi connectivity index (χ2v) is 7.86. The second kappa shape index (κ2) is 11.0. The summed E-state index contributed by atoms with van der Waals surface area (Å²) in [6, 6.07) is 15.9. The van der Waals surface area contributed by atoms with Gasteiger partial charge in [0, 0.05) is 24.5 Å². The molecule has 0 aliphatic rings. The molecule has 154 valence electrons. The summed E-state index contributed by atoms with van der Waals surface area (Å²) in [6.07, 6.45) is 6.79. The van der Waals surface area contributed by atoms with E-state index in [1.807, 2.05) is 24.3 Å². The van der Waals surface area contributed by atoms with E-state index < -0.39 is 0 Å². The van der Waals surface area contributed by atoms with Gasteiger partial charge in [-0.3, -0.25) is 4.79 Å². The largest absolute Gasteiger partial charge is 0.356 e. The van der Waals surface area contributed by atoms with Crippen molar-refractivity contribution in [1.29, 1.82) is 0 Å². The van der Waals surface area contributed by atoms with Gasteiger partial charge in [0.1, 0.15) is 5.82 Å². The lowest BCUT2D eigenvalue weighted by Gasteiger charge is -2.09. The molecule has 0 saturated carbocycles. The summed E-state index contributed by atoms with van der Waals surface area (Å²) >= 11 is 6.11. The Morgan fingerprint density at radius 3 is 2.66 bits per heavy atom. The zero-order valence-electron chi connectivity index (χ0n) is 17.2. The first-order valence-electron chi connectivity index (χ1n) is 10.6. The number of amides is 1. The number of benzene rings is 2. The second-order valence-electron chi connectivity index (χ2n) is 7.45. The lowest BCUT2D eigenvalue weighted by molar-refractivity contribution is -0.120. The molecule has 0 saturated heterocycles. The van der Waals surface area contributed by atoms with Crippen LogP contribution < -0.4 is 5.32 Å². The summed E-state index contributed by atoms with van der Waals surface area (Å²) < 4.78 is 2.38. The quantitative estimate of drug-likeness (QED) is 0.420. The molecule has 3 rings (SSSR count). The highest BCUT2D eigenvalue weighted by atomic mass is 35.5. The maximum atomic E-state index is 12.1. The summed E-state index contributed by atoms with van der Waals surface area (Å²) in [7, 11) is 0. The molecule has 0 spiro atoms. The van der Waals surface area contributed by atoms with Crippen LogP contribution in [0.5, 0.6) is 0 Å². The van der Waals surface area contributed by atoms with Gasteiger partial charge in [-0.1, -0.05) is 61.7 Å². The molecule has 29 heavy (non-hydrogen) atoms. The molecular formula is C24H30ClN3O. The van der Waals surface area contributed by atoms with Gasteiger partial charge in [0.2, 0.25) is 5.91 Å². The van der Waals surface area contributed by atoms with E-state index in [0.29, 0.717) is 18.0 Å². The number of carbonyl (C=O) groups is 1. The minimum atomic E-state index is 0.0273. The molecule has 5 heteroatoms. The standard InChI is InChI=1S/C24H30ClN3O/c1-2-3-17-28-22-14-9-8-13-21(22)27-23(28)15-5-4-10-16-26-24(29)18-19-11-6-7-12-20(19)25/h6-9,11-14H,2-5,10,15-18H2,1H3,(H,26,29). The van der Waals surface area contributed by atoms with E-state index in [9.17, 15) is 4.79 Å². The van der Waals surface area contributed by atoms with E-state index in [2.05, 4.69) is 41.1 Å². The Hall–Kier alpha value is -2.33. The van der Waals surface area contributed by atoms with Gasteiger partial charge in [-0.05, 0) is 43.0 Å². The van der Waals surface area contributed by atoms with Crippen molar-refractivity contribution < 1.29 is 4.79 Å². The first-order chi connectivity index (χ1) is 14.2. The molecule has 0 aliphatic carbocycles. The Bertz CT molecular complexity index is 935. The minimum Gasteiger partial charge on any atom is -0.356 e. The number of hydrogen-bond donors (Lipinski definition) is 1. The molecule has 0 radical (unpaired) electrons. The van der Waals surface area contributed by atoms with Crippen LogP contribution in [-0.2, 0) is 24.2 Å². The molecule has 4 nitrogen and oxygen atoms in total. The third-order valence-corrected chi connectivity index (χ3v) is 5.55. The summed E-state index contributed by atoms with van der Waals surface area (Å²) in [4.78, 5) is 16.9. The fraction of sp³-hybridized carbons (Fsp3) is 0.417. The Labute approximate surface area is 178 Å². The minimum absolute atomic E-state index is 0.0273. The molecule has 0 fully saturated rings. The number of para-hydroxylation sites is 2. The van der Waals surface area contributed by atoms with Gasteiger partial charge in [0.05, 0.1) is 17.5 Å². The summed E-state index contributed by atoms with van der Waals surface area (Å²) in [5, 5.41) is 3.65. The summed E-state index contributed by atoms with van der Waals surface area (Å²) in [5.41, 5.74) is 3.20. The van der Waals surface area contributed by atoms with E-state index in [1.54, 1.807) is 0 Å². The topological polar surface area (TPSA) is 46.9 Å². The van der Waals surface area contributed by atoms with Gasteiger partial charge in [0.15, 0.2) is 0 Å². The van der Waals surface area contributed by atoms with Crippen LogP contribution in [0.4, 0.5) is 0 Å². The number of aryl methyl sites for hydroxylation is 2. The van der Waals surface area contributed by atoms with Crippen molar-refractivity contribution in [2.24, 2.45) is 0 Å². The monoisotopic (exact) mass is 411 g/mol. The van der Waals surface area contributed by atoms with Crippen molar-refractivity contribution in [2.45, 2.75) is 58.4 Å². The molecule has 1 aromatic heterocycles. The number of nitrogens with zero attached hydrogens (tertiary/aromatic N) is 2. The van der Waals surface area contributed by atoms with Gasteiger partial charge in [-0.25, -0.2) is 4.98 Å². The zero-order valence-corrected chi connectivity index (χ0v) is 17.9. The molecule has 0 unspecified atom stereocenters. The molecular weight excluding hydrogens is 382 g/mol. The van der Waals surface area contributed by atoms with Crippen molar-refractivity contribution in [3.8, 4) is 0 Å². The van der Waals surface area contributed by atoms with Crippen LogP contribution in [0.3, 0.4) is 0 Å². The van der Waals surface area contributed by atoms with Crippen molar-refractivity contribution in [3.05, 3.63) is 64.9 Å². The van der Waals surface area contributed by atoms with Crippen molar-refractivity contribution >= 4 is 28.5 Å². The molecule has 1 N–H and O–H groups in total. The summed E-state index contributed by atoms with van der Waals surface area (Å²) in [6.45, 7) is 3.96. The number of halogens is 1. The smallest absolute Gasteiger partial charge is 0.224 e. The van der Waals surface area contributed by atoms with Crippen LogP contribution >= 0.6 is 11.6 Å². The van der Waals surface area contributed by atoms with Crippen molar-refractivity contribution in [2.75, 3.05) is 6.54 Å². The van der Waals surface area contributed by atoms with E-state index >= 15 is 0 Å². The highest BCUT2D eigenvalue weighted by Gasteiger charge is 2.10. The Morgan fingerprint density at radius 1 is 1.03 bits per heavy atom. The third kappa shape index (κ3) is 6.07. The van der Waals surface area contributed by atoms with Gasteiger partial charge in [-0.15, -0.1) is 0 Å². The van der Waals surface area contributed by atoms with Crippen LogP contribution in [0.1, 0.15) is 50.4 Å². The van der Waals surface area contributed by atoms with E-state index in [0.717, 1.165) is 43.3 Å². The van der Waals surface area contributed by atoms with E-state index in [1.165, 1.54) is 24.2 Å². The number of fused-ring (bicyclic) bond motifs is 1. The lowest BCUT2D eigenvalue weighted by Crippen LogP contribution is -2.26. The normalized spacial score (nSPS) is 11.1. The van der Waals surface area contributed by atoms with Gasteiger partial charge in [0.25, 0.3) is 0 Å². The molecule has 0 bridgehead atoms. The fourth-order valence-corrected chi connectivity index (χ4v) is 3.77. The highest BCUT2D eigenvalue weighted by molar-refractivity contribution is 6.31. The molecule has 1 amide bonds. The fourth-order valence-electron chi connectivity index (χ4n) is 3.57. The van der Waals surface area contributed by atoms with Gasteiger partial charge >= 0.3 is 0 Å². The lowest BCUT2D eigenvalue weighted by atomic mass is 10.1. The highest BCUT2D eigenvalue weighted by Crippen LogP contribution is 2.19. The molecule has 0 atom stereocenters. The van der Waals surface area contributed by atoms with Gasteiger partial charge in [-0.2, -0.15) is 0 Å². The first-order valence-corrected chi connectivity index (χ1v) is 11.0. The predicted octanol–water partition coefficient (Wildman–Crippen LogP) is 5.56. The van der Waals surface area contributed by atoms with Crippen LogP contribution in [-0.4, -0.2) is 22.0 Å². The Morgan fingerprint density at radius 2 is 1.83 bits per heavy atom. The maximum absolute atomic E-state index is 12.1. The number of nitrogens with one attached hydrogen (secondary N) is 1. The number of aromatic nitrogens is 2. The number of rotatable bonds is 11. The molecule has 2 aromatic carbocycles. The van der Waals surface area contributed by atoms with Crippen LogP contribution in [0.2, 0.25) is 5.02 Å². The van der Waals surface area contributed by atoms with Crippen molar-refractivity contribution in [3.63, 3.8) is 0 Å². The Kier molecular flexibility index (Phi) is 8.12. The number of hydrogen-bond acceptors (Lipinski definition) is 2. The SMILES string of the molecule is CCCCn1c(CCCCCNC(=O)Cc2ccccc2Cl)nc2ccccc21. The van der Waals surface area contributed by atoms with E-state index in [-0.39, 0.29) is 5.91 Å². The molecule has 0 aliphatic heterocycles.